The SMILES string of the molecule is Cc1cc(N)cnc1CC(=O)OC(C)(C)C. The van der Waals surface area contributed by atoms with Gasteiger partial charge in [0.1, 0.15) is 5.60 Å². The molecule has 0 unspecified atom stereocenters. The first-order chi connectivity index (χ1) is 7.28. The van der Waals surface area contributed by atoms with E-state index in [1.165, 1.54) is 0 Å². The van der Waals surface area contributed by atoms with Gasteiger partial charge in [0.15, 0.2) is 0 Å². The fourth-order valence-corrected chi connectivity index (χ4v) is 1.32. The van der Waals surface area contributed by atoms with Crippen LogP contribution in [0.4, 0.5) is 5.69 Å². The van der Waals surface area contributed by atoms with E-state index in [0.717, 1.165) is 5.56 Å². The molecule has 0 saturated heterocycles. The fraction of sp³-hybridized carbons (Fsp3) is 0.500. The van der Waals surface area contributed by atoms with Gasteiger partial charge in [-0.3, -0.25) is 9.78 Å². The smallest absolute Gasteiger partial charge is 0.312 e. The Bertz CT molecular complexity index is 394. The lowest BCUT2D eigenvalue weighted by atomic mass is 10.1. The number of carbonyl (C=O) groups is 1. The zero-order chi connectivity index (χ0) is 12.3. The first-order valence-electron chi connectivity index (χ1n) is 5.21. The summed E-state index contributed by atoms with van der Waals surface area (Å²) in [6.45, 7) is 7.40. The highest BCUT2D eigenvalue weighted by atomic mass is 16.6. The van der Waals surface area contributed by atoms with Crippen LogP contribution in [0.2, 0.25) is 0 Å². The molecule has 4 heteroatoms. The zero-order valence-corrected chi connectivity index (χ0v) is 10.2. The van der Waals surface area contributed by atoms with Crippen LogP contribution < -0.4 is 5.73 Å². The second-order valence-corrected chi connectivity index (χ2v) is 4.80. The number of aromatic nitrogens is 1. The number of esters is 1. The van der Waals surface area contributed by atoms with Gasteiger partial charge in [-0.2, -0.15) is 0 Å². The fourth-order valence-electron chi connectivity index (χ4n) is 1.32. The molecule has 0 spiro atoms. The molecule has 88 valence electrons. The van der Waals surface area contributed by atoms with E-state index < -0.39 is 5.60 Å². The number of hydrogen-bond acceptors (Lipinski definition) is 4. The maximum atomic E-state index is 11.6. The van der Waals surface area contributed by atoms with Crippen LogP contribution in [0.1, 0.15) is 32.0 Å². The second-order valence-electron chi connectivity index (χ2n) is 4.80. The minimum atomic E-state index is -0.460. The van der Waals surface area contributed by atoms with Gasteiger partial charge in [-0.25, -0.2) is 0 Å². The quantitative estimate of drug-likeness (QED) is 0.776. The first-order valence-corrected chi connectivity index (χ1v) is 5.21. The standard InChI is InChI=1S/C12H18N2O2/c1-8-5-9(13)7-14-10(8)6-11(15)16-12(2,3)4/h5,7H,6,13H2,1-4H3. The van der Waals surface area contributed by atoms with Crippen LogP contribution in [0.25, 0.3) is 0 Å². The summed E-state index contributed by atoms with van der Waals surface area (Å²) in [5.74, 6) is -0.270. The molecule has 1 aromatic rings. The predicted octanol–water partition coefficient (Wildman–Crippen LogP) is 1.86. The van der Waals surface area contributed by atoms with Gasteiger partial charge in [0, 0.05) is 0 Å². The lowest BCUT2D eigenvalue weighted by Gasteiger charge is -2.19. The summed E-state index contributed by atoms with van der Waals surface area (Å²) in [6.07, 6.45) is 1.73. The van der Waals surface area contributed by atoms with Crippen molar-refractivity contribution in [3.63, 3.8) is 0 Å². The summed E-state index contributed by atoms with van der Waals surface area (Å²) >= 11 is 0. The minimum Gasteiger partial charge on any atom is -0.460 e. The van der Waals surface area contributed by atoms with E-state index in [-0.39, 0.29) is 12.4 Å². The van der Waals surface area contributed by atoms with Crippen molar-refractivity contribution in [3.8, 4) is 0 Å². The van der Waals surface area contributed by atoms with Gasteiger partial charge in [0.2, 0.25) is 0 Å². The Hall–Kier alpha value is -1.58. The minimum absolute atomic E-state index is 0.184. The van der Waals surface area contributed by atoms with E-state index in [9.17, 15) is 4.79 Å². The Morgan fingerprint density at radius 1 is 1.50 bits per heavy atom. The van der Waals surface area contributed by atoms with Crippen LogP contribution in [-0.4, -0.2) is 16.6 Å². The molecule has 2 N–H and O–H groups in total. The van der Waals surface area contributed by atoms with Gasteiger partial charge in [-0.1, -0.05) is 0 Å². The normalized spacial score (nSPS) is 11.2. The molecule has 0 amide bonds. The van der Waals surface area contributed by atoms with Crippen molar-refractivity contribution in [3.05, 3.63) is 23.5 Å². The highest BCUT2D eigenvalue weighted by Gasteiger charge is 2.17. The average Bonchev–Trinajstić information content (AvgIpc) is 2.06. The monoisotopic (exact) mass is 222 g/mol. The van der Waals surface area contributed by atoms with Crippen molar-refractivity contribution in [2.75, 3.05) is 5.73 Å². The molecule has 0 aliphatic heterocycles. The molecule has 1 heterocycles. The topological polar surface area (TPSA) is 65.2 Å². The van der Waals surface area contributed by atoms with E-state index in [2.05, 4.69) is 4.98 Å². The molecular formula is C12H18N2O2. The van der Waals surface area contributed by atoms with Gasteiger partial charge in [0.25, 0.3) is 0 Å². The van der Waals surface area contributed by atoms with Gasteiger partial charge in [-0.05, 0) is 39.3 Å². The molecule has 0 saturated carbocycles. The van der Waals surface area contributed by atoms with Crippen LogP contribution in [0.5, 0.6) is 0 Å². The van der Waals surface area contributed by atoms with E-state index >= 15 is 0 Å². The van der Waals surface area contributed by atoms with Crippen molar-refractivity contribution in [1.29, 1.82) is 0 Å². The molecule has 0 radical (unpaired) electrons. The number of hydrogen-bond donors (Lipinski definition) is 1. The third kappa shape index (κ3) is 3.88. The number of ether oxygens (including phenoxy) is 1. The van der Waals surface area contributed by atoms with Crippen molar-refractivity contribution >= 4 is 11.7 Å². The number of carbonyl (C=O) groups excluding carboxylic acids is 1. The first kappa shape index (κ1) is 12.5. The molecule has 16 heavy (non-hydrogen) atoms. The summed E-state index contributed by atoms with van der Waals surface area (Å²) in [6, 6.07) is 1.80. The molecule has 1 aromatic heterocycles. The van der Waals surface area contributed by atoms with Crippen molar-refractivity contribution < 1.29 is 9.53 Å². The Labute approximate surface area is 95.8 Å². The van der Waals surface area contributed by atoms with Crippen LogP contribution in [0.3, 0.4) is 0 Å². The maximum absolute atomic E-state index is 11.6. The summed E-state index contributed by atoms with van der Waals surface area (Å²) in [4.78, 5) is 15.7. The molecule has 4 nitrogen and oxygen atoms in total. The Balaban J connectivity index is 2.70. The number of nitrogens with two attached hydrogens (primary N) is 1. The van der Waals surface area contributed by atoms with Gasteiger partial charge in [0.05, 0.1) is 24.0 Å². The Morgan fingerprint density at radius 2 is 2.12 bits per heavy atom. The van der Waals surface area contributed by atoms with Gasteiger partial charge in [-0.15, -0.1) is 0 Å². The predicted molar refractivity (Wildman–Crippen MR) is 62.9 cm³/mol. The van der Waals surface area contributed by atoms with Crippen molar-refractivity contribution in [2.45, 2.75) is 39.7 Å². The molecule has 0 atom stereocenters. The average molecular weight is 222 g/mol. The lowest BCUT2D eigenvalue weighted by molar-refractivity contribution is -0.154. The molecule has 0 aliphatic carbocycles. The van der Waals surface area contributed by atoms with Crippen LogP contribution in [0.15, 0.2) is 12.3 Å². The van der Waals surface area contributed by atoms with Crippen LogP contribution in [0, 0.1) is 6.92 Å². The van der Waals surface area contributed by atoms with E-state index in [1.54, 1.807) is 12.3 Å². The van der Waals surface area contributed by atoms with E-state index in [4.69, 9.17) is 10.5 Å². The second kappa shape index (κ2) is 4.51. The number of rotatable bonds is 2. The number of aryl methyl sites for hydroxylation is 1. The molecule has 0 aromatic carbocycles. The maximum Gasteiger partial charge on any atom is 0.312 e. The van der Waals surface area contributed by atoms with Gasteiger partial charge >= 0.3 is 5.97 Å². The van der Waals surface area contributed by atoms with E-state index in [0.29, 0.717) is 11.4 Å². The summed E-state index contributed by atoms with van der Waals surface area (Å²) in [5.41, 5.74) is 7.34. The van der Waals surface area contributed by atoms with Crippen molar-refractivity contribution in [2.24, 2.45) is 0 Å². The lowest BCUT2D eigenvalue weighted by Crippen LogP contribution is -2.25. The summed E-state index contributed by atoms with van der Waals surface area (Å²) < 4.78 is 5.22. The third-order valence-corrected chi connectivity index (χ3v) is 1.94. The van der Waals surface area contributed by atoms with Gasteiger partial charge < -0.3 is 10.5 Å². The largest absolute Gasteiger partial charge is 0.460 e. The molecule has 0 fully saturated rings. The summed E-state index contributed by atoms with van der Waals surface area (Å²) in [5, 5.41) is 0. The highest BCUT2D eigenvalue weighted by Crippen LogP contribution is 2.13. The number of anilines is 1. The van der Waals surface area contributed by atoms with Crippen LogP contribution in [-0.2, 0) is 16.0 Å². The highest BCUT2D eigenvalue weighted by molar-refractivity contribution is 5.73. The molecule has 0 bridgehead atoms. The van der Waals surface area contributed by atoms with E-state index in [1.807, 2.05) is 27.7 Å². The zero-order valence-electron chi connectivity index (χ0n) is 10.2. The van der Waals surface area contributed by atoms with Crippen molar-refractivity contribution in [1.82, 2.24) is 4.98 Å². The number of nitrogens with zero attached hydrogens (tertiary/aromatic N) is 1. The Morgan fingerprint density at radius 3 is 2.62 bits per heavy atom. The number of pyridine rings is 1. The molecule has 0 aliphatic rings. The summed E-state index contributed by atoms with van der Waals surface area (Å²) in [7, 11) is 0. The van der Waals surface area contributed by atoms with Crippen LogP contribution >= 0.6 is 0 Å². The number of nitrogen functional groups attached to an aromatic ring is 1. The molecular weight excluding hydrogens is 204 g/mol. The third-order valence-electron chi connectivity index (χ3n) is 1.94. The molecule has 1 rings (SSSR count). The Kier molecular flexibility index (Phi) is 3.52.